The van der Waals surface area contributed by atoms with Crippen molar-refractivity contribution in [1.82, 2.24) is 35.1 Å². The van der Waals surface area contributed by atoms with Gasteiger partial charge >= 0.3 is 0 Å². The average molecular weight is 596 g/mol. The Hall–Kier alpha value is -4.60. The van der Waals surface area contributed by atoms with Crippen LogP contribution in [0.3, 0.4) is 0 Å². The molecule has 2 aromatic heterocycles. The van der Waals surface area contributed by atoms with Gasteiger partial charge in [0.25, 0.3) is 0 Å². The molecule has 3 heterocycles. The molecule has 1 N–H and O–H groups in total. The Morgan fingerprint density at radius 1 is 1.02 bits per heavy atom. The van der Waals surface area contributed by atoms with Crippen molar-refractivity contribution in [2.24, 2.45) is 0 Å². The van der Waals surface area contributed by atoms with Gasteiger partial charge in [0.2, 0.25) is 5.95 Å². The van der Waals surface area contributed by atoms with E-state index in [4.69, 9.17) is 14.2 Å². The summed E-state index contributed by atoms with van der Waals surface area (Å²) >= 11 is 0. The van der Waals surface area contributed by atoms with E-state index in [2.05, 4.69) is 60.0 Å². The number of hydrogen-bond donors (Lipinski definition) is 1. The zero-order chi connectivity index (χ0) is 30.3. The van der Waals surface area contributed by atoms with Crippen LogP contribution in [0.1, 0.15) is 49.7 Å². The molecule has 0 radical (unpaired) electrons. The topological polar surface area (TPSA) is 136 Å². The van der Waals surface area contributed by atoms with E-state index >= 15 is 0 Å². The molecule has 228 valence electrons. The largest absolute Gasteiger partial charge is 0.495 e. The van der Waals surface area contributed by atoms with Gasteiger partial charge in [-0.3, -0.25) is 4.90 Å². The Labute approximate surface area is 257 Å². The zero-order valence-corrected chi connectivity index (χ0v) is 25.1. The predicted molar refractivity (Wildman–Crippen MR) is 164 cm³/mol. The normalized spacial score (nSPS) is 19.6. The summed E-state index contributed by atoms with van der Waals surface area (Å²) in [5.74, 6) is 2.25. The van der Waals surface area contributed by atoms with Crippen molar-refractivity contribution in [2.75, 3.05) is 38.7 Å². The van der Waals surface area contributed by atoms with E-state index in [1.807, 2.05) is 19.1 Å². The van der Waals surface area contributed by atoms with Crippen molar-refractivity contribution in [1.29, 1.82) is 5.26 Å². The fraction of sp³-hybridized carbons (Fsp3) is 0.438. The van der Waals surface area contributed by atoms with Gasteiger partial charge in [0, 0.05) is 37.1 Å². The minimum atomic E-state index is -0.254. The number of anilines is 2. The SMILES string of the molecule is COc1cc(C2CCC(N3CCOCC3)CC2)ccc1Nc1ncc(-c2ccc(C#N)c(OC(C)Cn3cnnn3)c2)cn1. The lowest BCUT2D eigenvalue weighted by atomic mass is 9.81. The van der Waals surface area contributed by atoms with Gasteiger partial charge < -0.3 is 19.5 Å². The van der Waals surface area contributed by atoms with Crippen LogP contribution in [-0.4, -0.2) is 80.6 Å². The number of benzene rings is 2. The third-order valence-electron chi connectivity index (χ3n) is 8.45. The van der Waals surface area contributed by atoms with Crippen molar-refractivity contribution in [3.63, 3.8) is 0 Å². The maximum atomic E-state index is 9.60. The monoisotopic (exact) mass is 595 g/mol. The highest BCUT2D eigenvalue weighted by molar-refractivity contribution is 5.68. The van der Waals surface area contributed by atoms with E-state index in [0.717, 1.165) is 48.9 Å². The van der Waals surface area contributed by atoms with Crippen LogP contribution in [0.4, 0.5) is 11.6 Å². The summed E-state index contributed by atoms with van der Waals surface area (Å²) in [5, 5.41) is 24.1. The first kappa shape index (κ1) is 29.5. The van der Waals surface area contributed by atoms with Gasteiger partial charge in [0.1, 0.15) is 30.0 Å². The Balaban J connectivity index is 1.10. The van der Waals surface area contributed by atoms with Gasteiger partial charge in [-0.2, -0.15) is 5.26 Å². The Kier molecular flexibility index (Phi) is 9.24. The number of morpholine rings is 1. The molecule has 1 unspecified atom stereocenters. The van der Waals surface area contributed by atoms with Crippen LogP contribution < -0.4 is 14.8 Å². The van der Waals surface area contributed by atoms with Gasteiger partial charge in [0.15, 0.2) is 0 Å². The second-order valence-electron chi connectivity index (χ2n) is 11.3. The standard InChI is InChI=1S/C32H37N9O3/c1-22(20-41-21-36-38-39-41)44-30-15-25(3-4-26(30)17-33)27-18-34-32(35-19-27)37-29-10-7-24(16-31(29)42-2)23-5-8-28(9-6-23)40-11-13-43-14-12-40/h3-4,7,10,15-16,18-19,21-23,28H,5-6,8-9,11-14,20H2,1-2H3,(H,34,35,37). The Bertz CT molecular complexity index is 1560. The van der Waals surface area contributed by atoms with E-state index in [0.29, 0.717) is 35.8 Å². The van der Waals surface area contributed by atoms with Gasteiger partial charge in [-0.05, 0) is 84.3 Å². The summed E-state index contributed by atoms with van der Waals surface area (Å²) in [7, 11) is 1.69. The molecule has 1 saturated carbocycles. The Morgan fingerprint density at radius 2 is 1.82 bits per heavy atom. The number of hydrogen-bond acceptors (Lipinski definition) is 11. The number of ether oxygens (including phenoxy) is 3. The first-order valence-electron chi connectivity index (χ1n) is 15.1. The second kappa shape index (κ2) is 13.8. The third kappa shape index (κ3) is 6.96. The second-order valence-corrected chi connectivity index (χ2v) is 11.3. The summed E-state index contributed by atoms with van der Waals surface area (Å²) < 4.78 is 19.0. The minimum Gasteiger partial charge on any atom is -0.495 e. The van der Waals surface area contributed by atoms with E-state index in [1.54, 1.807) is 30.3 Å². The molecular weight excluding hydrogens is 558 g/mol. The number of methoxy groups -OCH3 is 1. The van der Waals surface area contributed by atoms with E-state index in [-0.39, 0.29) is 6.10 Å². The van der Waals surface area contributed by atoms with Crippen LogP contribution in [0, 0.1) is 11.3 Å². The number of aromatic nitrogens is 6. The van der Waals surface area contributed by atoms with E-state index < -0.39 is 0 Å². The number of nitrogens with one attached hydrogen (secondary N) is 1. The fourth-order valence-electron chi connectivity index (χ4n) is 6.12. The fourth-order valence-corrected chi connectivity index (χ4v) is 6.12. The number of nitrogens with zero attached hydrogens (tertiary/aromatic N) is 8. The highest BCUT2D eigenvalue weighted by Gasteiger charge is 2.28. The number of tetrazole rings is 1. The Morgan fingerprint density at radius 3 is 2.52 bits per heavy atom. The van der Waals surface area contributed by atoms with Crippen LogP contribution in [0.15, 0.2) is 55.1 Å². The van der Waals surface area contributed by atoms with Crippen LogP contribution in [-0.2, 0) is 11.3 Å². The molecule has 0 bridgehead atoms. The van der Waals surface area contributed by atoms with Gasteiger partial charge in [-0.15, -0.1) is 5.10 Å². The predicted octanol–water partition coefficient (Wildman–Crippen LogP) is 4.58. The molecule has 1 aliphatic heterocycles. The average Bonchev–Trinajstić information content (AvgIpc) is 3.58. The number of nitriles is 1. The van der Waals surface area contributed by atoms with Crippen molar-refractivity contribution < 1.29 is 14.2 Å². The van der Waals surface area contributed by atoms with Crippen LogP contribution in [0.2, 0.25) is 0 Å². The third-order valence-corrected chi connectivity index (χ3v) is 8.45. The number of rotatable bonds is 10. The lowest BCUT2D eigenvalue weighted by molar-refractivity contribution is 0.00729. The van der Waals surface area contributed by atoms with Crippen molar-refractivity contribution >= 4 is 11.6 Å². The highest BCUT2D eigenvalue weighted by Crippen LogP contribution is 2.38. The van der Waals surface area contributed by atoms with Crippen LogP contribution in [0.5, 0.6) is 11.5 Å². The summed E-state index contributed by atoms with van der Waals surface area (Å²) in [6.45, 7) is 6.17. The van der Waals surface area contributed by atoms with Crippen molar-refractivity contribution in [3.8, 4) is 28.7 Å². The molecule has 44 heavy (non-hydrogen) atoms. The molecule has 2 aromatic carbocycles. The molecule has 1 aliphatic carbocycles. The lowest BCUT2D eigenvalue weighted by Crippen LogP contribution is -2.44. The van der Waals surface area contributed by atoms with Crippen LogP contribution in [0.25, 0.3) is 11.1 Å². The molecule has 0 amide bonds. The van der Waals surface area contributed by atoms with E-state index in [9.17, 15) is 5.26 Å². The minimum absolute atomic E-state index is 0.254. The highest BCUT2D eigenvalue weighted by atomic mass is 16.5. The van der Waals surface area contributed by atoms with Crippen molar-refractivity contribution in [2.45, 2.75) is 57.2 Å². The molecule has 2 aliphatic rings. The van der Waals surface area contributed by atoms with Gasteiger partial charge in [-0.1, -0.05) is 12.1 Å². The molecule has 12 heteroatoms. The molecule has 12 nitrogen and oxygen atoms in total. The molecule has 2 fully saturated rings. The maximum absolute atomic E-state index is 9.60. The zero-order valence-electron chi connectivity index (χ0n) is 25.1. The summed E-state index contributed by atoms with van der Waals surface area (Å²) in [6.07, 6.45) is 9.58. The van der Waals surface area contributed by atoms with Gasteiger partial charge in [0.05, 0.1) is 38.1 Å². The van der Waals surface area contributed by atoms with E-state index in [1.165, 1.54) is 37.6 Å². The smallest absolute Gasteiger partial charge is 0.227 e. The summed E-state index contributed by atoms with van der Waals surface area (Å²) in [4.78, 5) is 11.7. The maximum Gasteiger partial charge on any atom is 0.227 e. The van der Waals surface area contributed by atoms with Crippen molar-refractivity contribution in [3.05, 3.63) is 66.2 Å². The first-order valence-corrected chi connectivity index (χ1v) is 15.1. The molecule has 0 spiro atoms. The summed E-state index contributed by atoms with van der Waals surface area (Å²) in [6, 6.07) is 14.7. The van der Waals surface area contributed by atoms with Crippen LogP contribution >= 0.6 is 0 Å². The van der Waals surface area contributed by atoms with Gasteiger partial charge in [-0.25, -0.2) is 14.6 Å². The first-order chi connectivity index (χ1) is 21.6. The lowest BCUT2D eigenvalue weighted by Gasteiger charge is -2.39. The molecule has 6 rings (SSSR count). The summed E-state index contributed by atoms with van der Waals surface area (Å²) in [5.41, 5.74) is 4.21. The molecular formula is C32H37N9O3. The molecule has 1 saturated heterocycles. The molecule has 4 aromatic rings. The quantitative estimate of drug-likeness (QED) is 0.276. The molecule has 1 atom stereocenters.